The molecule has 0 rings (SSSR count). The molecular formula is C11H24O6. The minimum Gasteiger partial charge on any atom is -0.394 e. The van der Waals surface area contributed by atoms with Crippen LogP contribution in [0.3, 0.4) is 0 Å². The van der Waals surface area contributed by atoms with Crippen LogP contribution in [0.5, 0.6) is 0 Å². The zero-order chi connectivity index (χ0) is 13.0. The standard InChI is InChI=1S/C11H24O6/c1-4-16-17-10-11(7-13-2,8-14-3)9-15-6-5-12/h12H,4-10H2,1-3H3. The number of aliphatic hydroxyl groups is 1. The highest BCUT2D eigenvalue weighted by atomic mass is 17.2. The van der Waals surface area contributed by atoms with E-state index < -0.39 is 5.41 Å². The van der Waals surface area contributed by atoms with Crippen LogP contribution < -0.4 is 0 Å². The maximum atomic E-state index is 8.69. The topological polar surface area (TPSA) is 66.4 Å². The summed E-state index contributed by atoms with van der Waals surface area (Å²) < 4.78 is 15.7. The first-order chi connectivity index (χ1) is 8.24. The van der Waals surface area contributed by atoms with E-state index >= 15 is 0 Å². The Morgan fingerprint density at radius 1 is 0.941 bits per heavy atom. The third-order valence-electron chi connectivity index (χ3n) is 2.11. The number of hydrogen-bond donors (Lipinski definition) is 1. The fraction of sp³-hybridized carbons (Fsp3) is 1.00. The van der Waals surface area contributed by atoms with Crippen molar-refractivity contribution in [3.8, 4) is 0 Å². The van der Waals surface area contributed by atoms with E-state index in [0.29, 0.717) is 33.0 Å². The van der Waals surface area contributed by atoms with Gasteiger partial charge in [0.2, 0.25) is 0 Å². The number of hydrogen-bond acceptors (Lipinski definition) is 6. The second kappa shape index (κ2) is 10.9. The van der Waals surface area contributed by atoms with Crippen molar-refractivity contribution in [3.05, 3.63) is 0 Å². The van der Waals surface area contributed by atoms with Crippen LogP contribution >= 0.6 is 0 Å². The maximum Gasteiger partial charge on any atom is 0.0945 e. The Bertz CT molecular complexity index is 146. The lowest BCUT2D eigenvalue weighted by Crippen LogP contribution is -2.41. The maximum absolute atomic E-state index is 8.69. The molecular weight excluding hydrogens is 228 g/mol. The first-order valence-corrected chi connectivity index (χ1v) is 5.65. The van der Waals surface area contributed by atoms with Crippen molar-refractivity contribution in [2.24, 2.45) is 5.41 Å². The Kier molecular flexibility index (Phi) is 10.7. The van der Waals surface area contributed by atoms with Gasteiger partial charge < -0.3 is 19.3 Å². The van der Waals surface area contributed by atoms with E-state index in [-0.39, 0.29) is 13.2 Å². The highest BCUT2D eigenvalue weighted by Crippen LogP contribution is 2.20. The summed E-state index contributed by atoms with van der Waals surface area (Å²) in [7, 11) is 3.22. The molecule has 0 heterocycles. The van der Waals surface area contributed by atoms with Crippen molar-refractivity contribution in [3.63, 3.8) is 0 Å². The molecule has 104 valence electrons. The zero-order valence-corrected chi connectivity index (χ0v) is 10.9. The van der Waals surface area contributed by atoms with Gasteiger partial charge in [-0.3, -0.25) is 0 Å². The van der Waals surface area contributed by atoms with Gasteiger partial charge in [-0.1, -0.05) is 0 Å². The highest BCUT2D eigenvalue weighted by Gasteiger charge is 2.32. The Morgan fingerprint density at radius 2 is 1.59 bits per heavy atom. The van der Waals surface area contributed by atoms with Crippen molar-refractivity contribution in [1.29, 1.82) is 0 Å². The molecule has 6 heteroatoms. The summed E-state index contributed by atoms with van der Waals surface area (Å²) in [4.78, 5) is 9.95. The number of methoxy groups -OCH3 is 2. The van der Waals surface area contributed by atoms with Gasteiger partial charge in [0.15, 0.2) is 0 Å². The Hall–Kier alpha value is -0.240. The summed E-state index contributed by atoms with van der Waals surface area (Å²) >= 11 is 0. The van der Waals surface area contributed by atoms with Gasteiger partial charge in [0, 0.05) is 14.2 Å². The van der Waals surface area contributed by atoms with Crippen LogP contribution in [0.1, 0.15) is 6.92 Å². The molecule has 0 aliphatic carbocycles. The Balaban J connectivity index is 4.25. The predicted molar refractivity (Wildman–Crippen MR) is 61.7 cm³/mol. The summed E-state index contributed by atoms with van der Waals surface area (Å²) in [6.45, 7) is 4.14. The minimum absolute atomic E-state index is 0.0115. The summed E-state index contributed by atoms with van der Waals surface area (Å²) in [5.41, 5.74) is -0.423. The van der Waals surface area contributed by atoms with Crippen molar-refractivity contribution < 1.29 is 29.1 Å². The predicted octanol–water partition coefficient (Wildman–Crippen LogP) is 0.243. The van der Waals surface area contributed by atoms with Gasteiger partial charge in [0.05, 0.1) is 51.7 Å². The van der Waals surface area contributed by atoms with Gasteiger partial charge in [-0.05, 0) is 6.92 Å². The quantitative estimate of drug-likeness (QED) is 0.305. The molecule has 0 saturated heterocycles. The Morgan fingerprint density at radius 3 is 2.06 bits per heavy atom. The first-order valence-electron chi connectivity index (χ1n) is 5.65. The molecule has 0 aliphatic heterocycles. The summed E-state index contributed by atoms with van der Waals surface area (Å²) in [6.07, 6.45) is 0. The van der Waals surface area contributed by atoms with Gasteiger partial charge in [-0.2, -0.15) is 0 Å². The molecule has 0 aliphatic rings. The van der Waals surface area contributed by atoms with E-state index in [1.54, 1.807) is 14.2 Å². The normalized spacial score (nSPS) is 12.0. The molecule has 0 aromatic carbocycles. The van der Waals surface area contributed by atoms with Crippen LogP contribution in [0, 0.1) is 5.41 Å². The van der Waals surface area contributed by atoms with Crippen LogP contribution in [-0.4, -0.2) is 65.6 Å². The highest BCUT2D eigenvalue weighted by molar-refractivity contribution is 4.78. The molecule has 0 atom stereocenters. The molecule has 0 radical (unpaired) electrons. The van der Waals surface area contributed by atoms with Crippen molar-refractivity contribution >= 4 is 0 Å². The third-order valence-corrected chi connectivity index (χ3v) is 2.11. The number of aliphatic hydroxyl groups excluding tert-OH is 1. The lowest BCUT2D eigenvalue weighted by atomic mass is 9.92. The first kappa shape index (κ1) is 16.8. The van der Waals surface area contributed by atoms with Gasteiger partial charge in [-0.25, -0.2) is 9.78 Å². The van der Waals surface area contributed by atoms with Crippen LogP contribution in [-0.2, 0) is 24.0 Å². The molecule has 6 nitrogen and oxygen atoms in total. The fourth-order valence-corrected chi connectivity index (χ4v) is 1.47. The number of ether oxygens (including phenoxy) is 3. The monoisotopic (exact) mass is 252 g/mol. The smallest absolute Gasteiger partial charge is 0.0945 e. The largest absolute Gasteiger partial charge is 0.394 e. The lowest BCUT2D eigenvalue weighted by molar-refractivity contribution is -0.315. The molecule has 0 bridgehead atoms. The molecule has 0 aromatic rings. The van der Waals surface area contributed by atoms with Crippen LogP contribution in [0.25, 0.3) is 0 Å². The minimum atomic E-state index is -0.423. The van der Waals surface area contributed by atoms with Gasteiger partial charge in [0.1, 0.15) is 0 Å². The second-order valence-corrected chi connectivity index (χ2v) is 3.81. The van der Waals surface area contributed by atoms with E-state index in [1.165, 1.54) is 0 Å². The molecule has 0 fully saturated rings. The fourth-order valence-electron chi connectivity index (χ4n) is 1.47. The molecule has 1 N–H and O–H groups in total. The lowest BCUT2D eigenvalue weighted by Gasteiger charge is -2.31. The average Bonchev–Trinajstić information content (AvgIpc) is 2.30. The molecule has 0 unspecified atom stereocenters. The Labute approximate surface area is 103 Å². The van der Waals surface area contributed by atoms with E-state index in [0.717, 1.165) is 0 Å². The molecule has 0 spiro atoms. The molecule has 0 amide bonds. The average molecular weight is 252 g/mol. The van der Waals surface area contributed by atoms with Gasteiger partial charge in [-0.15, -0.1) is 0 Å². The zero-order valence-electron chi connectivity index (χ0n) is 10.9. The van der Waals surface area contributed by atoms with E-state index in [9.17, 15) is 0 Å². The molecule has 17 heavy (non-hydrogen) atoms. The van der Waals surface area contributed by atoms with Crippen molar-refractivity contribution in [2.75, 3.05) is 60.5 Å². The summed E-state index contributed by atoms with van der Waals surface area (Å²) in [5.74, 6) is 0. The van der Waals surface area contributed by atoms with Crippen molar-refractivity contribution in [1.82, 2.24) is 0 Å². The van der Waals surface area contributed by atoms with E-state index in [1.807, 2.05) is 6.92 Å². The number of rotatable bonds is 12. The third kappa shape index (κ3) is 7.64. The molecule has 0 saturated carbocycles. The van der Waals surface area contributed by atoms with Crippen LogP contribution in [0.4, 0.5) is 0 Å². The SMILES string of the molecule is CCOOCC(COC)(COC)COCCO. The van der Waals surface area contributed by atoms with Crippen molar-refractivity contribution in [2.45, 2.75) is 6.92 Å². The molecule has 0 aromatic heterocycles. The van der Waals surface area contributed by atoms with E-state index in [2.05, 4.69) is 0 Å². The van der Waals surface area contributed by atoms with E-state index in [4.69, 9.17) is 29.1 Å². The summed E-state index contributed by atoms with van der Waals surface area (Å²) in [6, 6.07) is 0. The second-order valence-electron chi connectivity index (χ2n) is 3.81. The van der Waals surface area contributed by atoms with Crippen LogP contribution in [0.2, 0.25) is 0 Å². The summed E-state index contributed by atoms with van der Waals surface area (Å²) in [5, 5.41) is 8.69. The van der Waals surface area contributed by atoms with Gasteiger partial charge in [0.25, 0.3) is 0 Å². The van der Waals surface area contributed by atoms with Crippen LogP contribution in [0.15, 0.2) is 0 Å². The van der Waals surface area contributed by atoms with Gasteiger partial charge >= 0.3 is 0 Å².